The van der Waals surface area contributed by atoms with Gasteiger partial charge in [0.25, 0.3) is 11.5 Å². The van der Waals surface area contributed by atoms with Gasteiger partial charge >= 0.3 is 0 Å². The fourth-order valence-corrected chi connectivity index (χ4v) is 2.72. The van der Waals surface area contributed by atoms with Gasteiger partial charge in [-0.2, -0.15) is 0 Å². The molecule has 0 bridgehead atoms. The van der Waals surface area contributed by atoms with Gasteiger partial charge in [0.1, 0.15) is 5.56 Å². The molecule has 0 aliphatic rings. The molecular weight excluding hydrogens is 288 g/mol. The van der Waals surface area contributed by atoms with Crippen LogP contribution in [0.5, 0.6) is 0 Å². The van der Waals surface area contributed by atoms with Gasteiger partial charge in [0.2, 0.25) is 0 Å². The maximum absolute atomic E-state index is 12.2. The molecule has 2 atom stereocenters. The van der Waals surface area contributed by atoms with E-state index in [1.165, 1.54) is 12.3 Å². The van der Waals surface area contributed by atoms with Crippen molar-refractivity contribution in [3.05, 3.63) is 70.1 Å². The number of hydrogen-bond donors (Lipinski definition) is 2. The second-order valence-corrected chi connectivity index (χ2v) is 6.07. The van der Waals surface area contributed by atoms with Crippen LogP contribution in [0.1, 0.15) is 22.0 Å². The fraction of sp³-hybridized carbons (Fsp3) is 0.200. The predicted octanol–water partition coefficient (Wildman–Crippen LogP) is 1.22. The van der Waals surface area contributed by atoms with Crippen molar-refractivity contribution in [2.45, 2.75) is 6.04 Å². The minimum absolute atomic E-state index is 0.0420. The number of carbonyl (C=O) groups is 1. The molecule has 6 heteroatoms. The van der Waals surface area contributed by atoms with Crippen LogP contribution in [-0.4, -0.2) is 27.1 Å². The van der Waals surface area contributed by atoms with E-state index in [9.17, 15) is 13.8 Å². The average Bonchev–Trinajstić information content (AvgIpc) is 2.47. The molecule has 2 rings (SSSR count). The highest BCUT2D eigenvalue weighted by molar-refractivity contribution is 7.84. The molecule has 0 saturated carbocycles. The Morgan fingerprint density at radius 2 is 1.95 bits per heavy atom. The largest absolute Gasteiger partial charge is 0.344 e. The summed E-state index contributed by atoms with van der Waals surface area (Å²) in [6, 6.07) is 11.9. The average molecular weight is 304 g/mol. The Morgan fingerprint density at radius 1 is 1.24 bits per heavy atom. The summed E-state index contributed by atoms with van der Waals surface area (Å²) in [4.78, 5) is 26.3. The van der Waals surface area contributed by atoms with Crippen molar-refractivity contribution in [1.29, 1.82) is 0 Å². The third-order valence-corrected chi connectivity index (χ3v) is 3.77. The number of H-pyrrole nitrogens is 1. The van der Waals surface area contributed by atoms with Crippen LogP contribution in [0.2, 0.25) is 0 Å². The SMILES string of the molecule is C[S@](=O)C[C@@H](NC(=O)c1ccc[nH]c1=O)c1ccccc1. The molecule has 0 radical (unpaired) electrons. The molecule has 110 valence electrons. The number of nitrogens with one attached hydrogen (secondary N) is 2. The molecule has 1 heterocycles. The zero-order valence-electron chi connectivity index (χ0n) is 11.5. The molecule has 0 aliphatic heterocycles. The summed E-state index contributed by atoms with van der Waals surface area (Å²) in [5.74, 6) is -0.184. The smallest absolute Gasteiger partial charge is 0.260 e. The number of pyridine rings is 1. The summed E-state index contributed by atoms with van der Waals surface area (Å²) in [5, 5.41) is 2.77. The van der Waals surface area contributed by atoms with Crippen LogP contribution in [0.25, 0.3) is 0 Å². The highest BCUT2D eigenvalue weighted by Gasteiger charge is 2.18. The first kappa shape index (κ1) is 15.2. The van der Waals surface area contributed by atoms with Gasteiger partial charge in [-0.3, -0.25) is 13.8 Å². The van der Waals surface area contributed by atoms with Crippen LogP contribution >= 0.6 is 0 Å². The fourth-order valence-electron chi connectivity index (χ4n) is 1.98. The summed E-state index contributed by atoms with van der Waals surface area (Å²) < 4.78 is 11.5. The first-order valence-electron chi connectivity index (χ1n) is 6.41. The number of aromatic nitrogens is 1. The van der Waals surface area contributed by atoms with Crippen molar-refractivity contribution in [2.24, 2.45) is 0 Å². The zero-order chi connectivity index (χ0) is 15.2. The Bertz CT molecular complexity index is 697. The van der Waals surface area contributed by atoms with Gasteiger partial charge in [0, 0.05) is 29.0 Å². The molecule has 0 aliphatic carbocycles. The van der Waals surface area contributed by atoms with Crippen molar-refractivity contribution < 1.29 is 9.00 Å². The minimum Gasteiger partial charge on any atom is -0.344 e. The summed E-state index contributed by atoms with van der Waals surface area (Å²) in [6.07, 6.45) is 3.05. The first-order chi connectivity index (χ1) is 10.1. The number of hydrogen-bond acceptors (Lipinski definition) is 3. The van der Waals surface area contributed by atoms with Gasteiger partial charge in [0.05, 0.1) is 6.04 Å². The standard InChI is InChI=1S/C15H16N2O3S/c1-21(20)10-13(11-6-3-2-4-7-11)17-15(19)12-8-5-9-16-14(12)18/h2-9,13H,10H2,1H3,(H,16,18)(H,17,19)/t13-,21+/m1/s1. The van der Waals surface area contributed by atoms with Crippen LogP contribution in [0.3, 0.4) is 0 Å². The maximum Gasteiger partial charge on any atom is 0.260 e. The van der Waals surface area contributed by atoms with E-state index in [1.54, 1.807) is 12.3 Å². The van der Waals surface area contributed by atoms with E-state index in [2.05, 4.69) is 10.3 Å². The highest BCUT2D eigenvalue weighted by atomic mass is 32.2. The summed E-state index contributed by atoms with van der Waals surface area (Å²) >= 11 is 0. The van der Waals surface area contributed by atoms with Crippen LogP contribution < -0.4 is 10.9 Å². The number of rotatable bonds is 5. The molecule has 5 nitrogen and oxygen atoms in total. The molecule has 0 unspecified atom stereocenters. The normalized spacial score (nSPS) is 13.4. The summed E-state index contributed by atoms with van der Waals surface area (Å²) in [5.41, 5.74) is 0.452. The molecule has 2 N–H and O–H groups in total. The number of amides is 1. The van der Waals surface area contributed by atoms with Gasteiger partial charge in [-0.25, -0.2) is 0 Å². The lowest BCUT2D eigenvalue weighted by Crippen LogP contribution is -2.35. The van der Waals surface area contributed by atoms with E-state index in [0.29, 0.717) is 5.75 Å². The summed E-state index contributed by atoms with van der Waals surface area (Å²) in [7, 11) is -1.07. The molecule has 0 fully saturated rings. The first-order valence-corrected chi connectivity index (χ1v) is 8.14. The van der Waals surface area contributed by atoms with Crippen molar-refractivity contribution >= 4 is 16.7 Å². The Morgan fingerprint density at radius 3 is 2.57 bits per heavy atom. The van der Waals surface area contributed by atoms with Crippen LogP contribution in [0.15, 0.2) is 53.5 Å². The lowest BCUT2D eigenvalue weighted by molar-refractivity contribution is 0.0939. The topological polar surface area (TPSA) is 79.0 Å². The number of carbonyl (C=O) groups excluding carboxylic acids is 1. The number of aromatic amines is 1. The van der Waals surface area contributed by atoms with E-state index >= 15 is 0 Å². The lowest BCUT2D eigenvalue weighted by Gasteiger charge is -2.18. The third-order valence-electron chi connectivity index (χ3n) is 2.97. The van der Waals surface area contributed by atoms with E-state index < -0.39 is 28.3 Å². The molecule has 21 heavy (non-hydrogen) atoms. The van der Waals surface area contributed by atoms with E-state index in [0.717, 1.165) is 5.56 Å². The summed E-state index contributed by atoms with van der Waals surface area (Å²) in [6.45, 7) is 0. The second-order valence-electron chi connectivity index (χ2n) is 4.59. The Balaban J connectivity index is 2.23. The maximum atomic E-state index is 12.2. The van der Waals surface area contributed by atoms with Crippen molar-refractivity contribution in [2.75, 3.05) is 12.0 Å². The quantitative estimate of drug-likeness (QED) is 0.872. The van der Waals surface area contributed by atoms with Gasteiger partial charge in [-0.1, -0.05) is 30.3 Å². The predicted molar refractivity (Wildman–Crippen MR) is 82.6 cm³/mol. The minimum atomic E-state index is -1.07. The Labute approximate surface area is 124 Å². The molecule has 0 spiro atoms. The zero-order valence-corrected chi connectivity index (χ0v) is 12.4. The number of benzene rings is 1. The van der Waals surface area contributed by atoms with E-state index in [4.69, 9.17) is 0 Å². The molecular formula is C15H16N2O3S. The molecule has 1 amide bonds. The van der Waals surface area contributed by atoms with Crippen LogP contribution in [0.4, 0.5) is 0 Å². The molecule has 0 saturated heterocycles. The van der Waals surface area contributed by atoms with E-state index in [1.807, 2.05) is 30.3 Å². The monoisotopic (exact) mass is 304 g/mol. The van der Waals surface area contributed by atoms with E-state index in [-0.39, 0.29) is 5.56 Å². The van der Waals surface area contributed by atoms with Crippen LogP contribution in [-0.2, 0) is 10.8 Å². The van der Waals surface area contributed by atoms with Gasteiger partial charge in [0.15, 0.2) is 0 Å². The molecule has 1 aromatic heterocycles. The van der Waals surface area contributed by atoms with Crippen molar-refractivity contribution in [3.63, 3.8) is 0 Å². The Hall–Kier alpha value is -2.21. The Kier molecular flexibility index (Phi) is 5.05. The van der Waals surface area contributed by atoms with Gasteiger partial charge in [-0.15, -0.1) is 0 Å². The van der Waals surface area contributed by atoms with Crippen molar-refractivity contribution in [3.8, 4) is 0 Å². The lowest BCUT2D eigenvalue weighted by atomic mass is 10.1. The molecule has 2 aromatic rings. The molecule has 1 aromatic carbocycles. The van der Waals surface area contributed by atoms with Crippen molar-refractivity contribution in [1.82, 2.24) is 10.3 Å². The van der Waals surface area contributed by atoms with Gasteiger partial charge in [-0.05, 0) is 17.7 Å². The highest BCUT2D eigenvalue weighted by Crippen LogP contribution is 2.14. The third kappa shape index (κ3) is 4.13. The van der Waals surface area contributed by atoms with Gasteiger partial charge < -0.3 is 10.3 Å². The van der Waals surface area contributed by atoms with Crippen LogP contribution in [0, 0.1) is 0 Å². The second kappa shape index (κ2) is 6.99.